The number of alkyl halides is 3. The Hall–Kier alpha value is -4.68. The summed E-state index contributed by atoms with van der Waals surface area (Å²) < 4.78 is 46.7. The van der Waals surface area contributed by atoms with Crippen molar-refractivity contribution in [1.29, 1.82) is 0 Å². The summed E-state index contributed by atoms with van der Waals surface area (Å²) in [5, 5.41) is 10.8. The number of amides is 1. The van der Waals surface area contributed by atoms with E-state index in [2.05, 4.69) is 25.5 Å². The van der Waals surface area contributed by atoms with Crippen molar-refractivity contribution in [3.8, 4) is 22.6 Å². The van der Waals surface area contributed by atoms with E-state index in [0.29, 0.717) is 17.9 Å². The number of nitrogens with one attached hydrogen (secondary N) is 1. The number of halogens is 3. The summed E-state index contributed by atoms with van der Waals surface area (Å²) in [6.45, 7) is 2.29. The van der Waals surface area contributed by atoms with Gasteiger partial charge < -0.3 is 15.6 Å². The molecule has 0 saturated carbocycles. The standard InChI is InChI=1S/C23H20F3N9O/c1-3-28-16-8-14(4-5-15(16)21(27)36)35-22-19(20(32-35)23(24,25)26)18(6-7-29-22)34-11-17(30-12-34)13-9-31-33(2)10-13/h4-12,28H,3H2,1-2H3,(H2,27,36). The first-order valence-corrected chi connectivity index (χ1v) is 10.8. The molecule has 0 bridgehead atoms. The van der Waals surface area contributed by atoms with Gasteiger partial charge in [0.15, 0.2) is 11.3 Å². The zero-order valence-corrected chi connectivity index (χ0v) is 19.2. The first-order chi connectivity index (χ1) is 17.2. The summed E-state index contributed by atoms with van der Waals surface area (Å²) in [5.41, 5.74) is 6.69. The topological polar surface area (TPSA) is 121 Å². The van der Waals surface area contributed by atoms with Gasteiger partial charge in [0.2, 0.25) is 0 Å². The zero-order chi connectivity index (χ0) is 25.6. The average molecular weight is 495 g/mol. The molecule has 0 unspecified atom stereocenters. The zero-order valence-electron chi connectivity index (χ0n) is 19.2. The van der Waals surface area contributed by atoms with Crippen LogP contribution in [-0.4, -0.2) is 46.5 Å². The molecule has 0 spiro atoms. The molecular weight excluding hydrogens is 475 g/mol. The molecule has 0 atom stereocenters. The van der Waals surface area contributed by atoms with Crippen LogP contribution in [0.25, 0.3) is 33.7 Å². The monoisotopic (exact) mass is 495 g/mol. The van der Waals surface area contributed by atoms with Crippen LogP contribution in [0, 0.1) is 0 Å². The van der Waals surface area contributed by atoms with Crippen LogP contribution in [-0.2, 0) is 13.2 Å². The smallest absolute Gasteiger partial charge is 0.385 e. The van der Waals surface area contributed by atoms with Crippen molar-refractivity contribution in [2.75, 3.05) is 11.9 Å². The van der Waals surface area contributed by atoms with E-state index >= 15 is 0 Å². The minimum absolute atomic E-state index is 0.00859. The van der Waals surface area contributed by atoms with Crippen LogP contribution in [0.3, 0.4) is 0 Å². The third-order valence-corrected chi connectivity index (χ3v) is 5.56. The quantitative estimate of drug-likeness (QED) is 0.372. The lowest BCUT2D eigenvalue weighted by Crippen LogP contribution is -2.15. The van der Waals surface area contributed by atoms with E-state index in [1.807, 2.05) is 6.92 Å². The van der Waals surface area contributed by atoms with E-state index in [0.717, 1.165) is 10.2 Å². The van der Waals surface area contributed by atoms with Crippen LogP contribution < -0.4 is 11.1 Å². The maximum atomic E-state index is 14.2. The number of nitrogens with zero attached hydrogens (tertiary/aromatic N) is 7. The third-order valence-electron chi connectivity index (χ3n) is 5.56. The maximum Gasteiger partial charge on any atom is 0.435 e. The molecule has 0 aliphatic carbocycles. The number of pyridine rings is 1. The number of hydrogen-bond acceptors (Lipinski definition) is 6. The van der Waals surface area contributed by atoms with Gasteiger partial charge in [0.1, 0.15) is 0 Å². The summed E-state index contributed by atoms with van der Waals surface area (Å²) in [5.74, 6) is -0.663. The normalized spacial score (nSPS) is 11.8. The Labute approximate surface area is 202 Å². The molecule has 1 aromatic carbocycles. The lowest BCUT2D eigenvalue weighted by atomic mass is 10.1. The van der Waals surface area contributed by atoms with Gasteiger partial charge in [-0.15, -0.1) is 0 Å². The molecule has 13 heteroatoms. The van der Waals surface area contributed by atoms with Gasteiger partial charge in [-0.1, -0.05) is 0 Å². The second-order valence-corrected chi connectivity index (χ2v) is 7.98. The Morgan fingerprint density at radius 2 is 1.97 bits per heavy atom. The Balaban J connectivity index is 1.71. The van der Waals surface area contributed by atoms with Crippen molar-refractivity contribution >= 4 is 22.6 Å². The largest absolute Gasteiger partial charge is 0.435 e. The molecule has 36 heavy (non-hydrogen) atoms. The number of carbonyl (C=O) groups excluding carboxylic acids is 1. The van der Waals surface area contributed by atoms with Gasteiger partial charge in [0.05, 0.1) is 40.5 Å². The van der Waals surface area contributed by atoms with E-state index in [1.165, 1.54) is 41.4 Å². The second-order valence-electron chi connectivity index (χ2n) is 7.98. The molecule has 4 heterocycles. The summed E-state index contributed by atoms with van der Waals surface area (Å²) in [4.78, 5) is 20.3. The molecule has 0 radical (unpaired) electrons. The molecule has 10 nitrogen and oxygen atoms in total. The van der Waals surface area contributed by atoms with Crippen molar-refractivity contribution in [2.45, 2.75) is 13.1 Å². The van der Waals surface area contributed by atoms with E-state index in [1.54, 1.807) is 30.3 Å². The second kappa shape index (κ2) is 8.52. The maximum absolute atomic E-state index is 14.2. The van der Waals surface area contributed by atoms with Gasteiger partial charge in [0, 0.05) is 43.4 Å². The first kappa shape index (κ1) is 23.1. The fourth-order valence-electron chi connectivity index (χ4n) is 3.99. The molecule has 5 aromatic rings. The number of rotatable bonds is 6. The van der Waals surface area contributed by atoms with E-state index in [4.69, 9.17) is 5.73 Å². The molecule has 0 fully saturated rings. The number of benzene rings is 1. The first-order valence-electron chi connectivity index (χ1n) is 10.8. The molecule has 0 aliphatic heterocycles. The highest BCUT2D eigenvalue weighted by Crippen LogP contribution is 2.38. The SMILES string of the molecule is CCNc1cc(-n2nc(C(F)(F)F)c3c(-n4cnc(-c5cnn(C)c5)c4)ccnc32)ccc1C(N)=O. The van der Waals surface area contributed by atoms with Crippen LogP contribution in [0.1, 0.15) is 23.0 Å². The fourth-order valence-corrected chi connectivity index (χ4v) is 3.99. The number of imidazole rings is 1. The van der Waals surface area contributed by atoms with E-state index in [-0.39, 0.29) is 28.0 Å². The number of hydrogen-bond donors (Lipinski definition) is 2. The number of aryl methyl sites for hydroxylation is 1. The van der Waals surface area contributed by atoms with Crippen LogP contribution >= 0.6 is 0 Å². The number of anilines is 1. The van der Waals surface area contributed by atoms with Gasteiger partial charge in [-0.2, -0.15) is 23.4 Å². The third kappa shape index (κ3) is 3.93. The lowest BCUT2D eigenvalue weighted by molar-refractivity contribution is -0.140. The van der Waals surface area contributed by atoms with Gasteiger partial charge in [-0.3, -0.25) is 9.48 Å². The Morgan fingerprint density at radius 3 is 2.64 bits per heavy atom. The van der Waals surface area contributed by atoms with Crippen LogP contribution in [0.2, 0.25) is 0 Å². The van der Waals surface area contributed by atoms with Crippen molar-refractivity contribution in [3.63, 3.8) is 0 Å². The molecule has 1 amide bonds. The van der Waals surface area contributed by atoms with E-state index in [9.17, 15) is 18.0 Å². The highest BCUT2D eigenvalue weighted by molar-refractivity contribution is 5.99. The number of fused-ring (bicyclic) bond motifs is 1. The van der Waals surface area contributed by atoms with Crippen LogP contribution in [0.4, 0.5) is 18.9 Å². The Bertz CT molecular complexity index is 1600. The number of primary amides is 1. The summed E-state index contributed by atoms with van der Waals surface area (Å²) in [6, 6.07) is 5.90. The molecule has 3 N–H and O–H groups in total. The van der Waals surface area contributed by atoms with Gasteiger partial charge in [0.25, 0.3) is 5.91 Å². The van der Waals surface area contributed by atoms with E-state index < -0.39 is 17.8 Å². The van der Waals surface area contributed by atoms with Crippen LogP contribution in [0.5, 0.6) is 0 Å². The predicted octanol–water partition coefficient (Wildman–Crippen LogP) is 3.56. The minimum atomic E-state index is -4.76. The molecule has 5 rings (SSSR count). The number of carbonyl (C=O) groups is 1. The highest BCUT2D eigenvalue weighted by Gasteiger charge is 2.39. The Kier molecular flexibility index (Phi) is 5.46. The number of aromatic nitrogens is 7. The van der Waals surface area contributed by atoms with Crippen molar-refractivity contribution in [1.82, 2.24) is 34.1 Å². The van der Waals surface area contributed by atoms with Gasteiger partial charge >= 0.3 is 6.18 Å². The highest BCUT2D eigenvalue weighted by atomic mass is 19.4. The van der Waals surface area contributed by atoms with Crippen molar-refractivity contribution in [3.05, 3.63) is 66.6 Å². The molecule has 4 aromatic heterocycles. The van der Waals surface area contributed by atoms with Gasteiger partial charge in [-0.05, 0) is 31.2 Å². The van der Waals surface area contributed by atoms with Crippen LogP contribution in [0.15, 0.2) is 55.4 Å². The van der Waals surface area contributed by atoms with Gasteiger partial charge in [-0.25, -0.2) is 14.6 Å². The minimum Gasteiger partial charge on any atom is -0.385 e. The predicted molar refractivity (Wildman–Crippen MR) is 126 cm³/mol. The Morgan fingerprint density at radius 1 is 1.17 bits per heavy atom. The summed E-state index contributed by atoms with van der Waals surface area (Å²) in [6.07, 6.45) is 3.07. The van der Waals surface area contributed by atoms with Crippen molar-refractivity contribution in [2.24, 2.45) is 12.8 Å². The summed E-state index contributed by atoms with van der Waals surface area (Å²) >= 11 is 0. The average Bonchev–Trinajstić information content (AvgIpc) is 3.56. The fraction of sp³-hybridized carbons (Fsp3) is 0.174. The number of nitrogens with two attached hydrogens (primary N) is 1. The van der Waals surface area contributed by atoms with Crippen molar-refractivity contribution < 1.29 is 18.0 Å². The molecular formula is C23H20F3N9O. The molecule has 184 valence electrons. The summed E-state index contributed by atoms with van der Waals surface area (Å²) in [7, 11) is 1.76. The molecule has 0 aliphatic rings. The molecule has 0 saturated heterocycles. The lowest BCUT2D eigenvalue weighted by Gasteiger charge is -2.11.